The lowest BCUT2D eigenvalue weighted by Gasteiger charge is -2.10. The van der Waals surface area contributed by atoms with Gasteiger partial charge >= 0.3 is 7.80 Å². The Morgan fingerprint density at radius 2 is 1.56 bits per heavy atom. The van der Waals surface area contributed by atoms with Crippen LogP contribution in [0.1, 0.15) is 25.0 Å². The first-order chi connectivity index (χ1) is 13.0. The summed E-state index contributed by atoms with van der Waals surface area (Å²) in [6.45, 7) is 11.5. The predicted octanol–water partition coefficient (Wildman–Crippen LogP) is 6.60. The van der Waals surface area contributed by atoms with E-state index in [-0.39, 0.29) is 0 Å². The predicted molar refractivity (Wildman–Crippen MR) is 117 cm³/mol. The van der Waals surface area contributed by atoms with E-state index in [0.29, 0.717) is 5.95 Å². The molecule has 2 aromatic carbocycles. The normalized spacial score (nSPS) is 9.26. The van der Waals surface area contributed by atoms with Crippen LogP contribution in [-0.4, -0.2) is 23.3 Å². The van der Waals surface area contributed by atoms with Crippen LogP contribution >= 0.6 is 7.80 Å². The highest BCUT2D eigenvalue weighted by atomic mass is 31.1. The van der Waals surface area contributed by atoms with E-state index in [9.17, 15) is 4.57 Å². The molecule has 0 unspecified atom stereocenters. The third kappa shape index (κ3) is 8.10. The fourth-order valence-corrected chi connectivity index (χ4v) is 2.18. The fraction of sp³-hybridized carbons (Fsp3) is 0.273. The standard InChI is InChI=1S/C18H17N3.C2H6OP.C2H6/c1-13-8-9-14(2)17(12-13)21-18-19-11-10-16(20-18)15-6-4-3-5-7-15;1-4(2)3;1-2/h3-12H,1-2H3,(H,19,20,21);1-2H3;1-2H3/q;+1;. The molecule has 0 atom stereocenters. The molecule has 0 saturated carbocycles. The van der Waals surface area contributed by atoms with Crippen LogP contribution in [-0.2, 0) is 4.57 Å². The second kappa shape index (κ2) is 11.9. The third-order valence-electron chi connectivity index (χ3n) is 3.36. The van der Waals surface area contributed by atoms with Gasteiger partial charge in [0.05, 0.1) is 5.69 Å². The summed E-state index contributed by atoms with van der Waals surface area (Å²) in [6, 6.07) is 18.3. The van der Waals surface area contributed by atoms with Gasteiger partial charge in [0.2, 0.25) is 5.95 Å². The SMILES string of the molecule is CC.C[P+](C)=O.Cc1ccc(C)c(Nc2nccc(-c3ccccc3)n2)c1. The number of hydrogen-bond donors (Lipinski definition) is 1. The molecule has 1 heterocycles. The molecule has 0 radical (unpaired) electrons. The number of nitrogens with one attached hydrogen (secondary N) is 1. The minimum Gasteiger partial charge on any atom is -0.324 e. The summed E-state index contributed by atoms with van der Waals surface area (Å²) in [7, 11) is -0.870. The topological polar surface area (TPSA) is 54.9 Å². The van der Waals surface area contributed by atoms with Crippen LogP contribution in [0.3, 0.4) is 0 Å². The van der Waals surface area contributed by atoms with Crippen molar-refractivity contribution in [2.24, 2.45) is 0 Å². The summed E-state index contributed by atoms with van der Waals surface area (Å²) in [5.74, 6) is 0.616. The van der Waals surface area contributed by atoms with Crippen molar-refractivity contribution in [2.45, 2.75) is 27.7 Å². The lowest BCUT2D eigenvalue weighted by atomic mass is 10.1. The summed E-state index contributed by atoms with van der Waals surface area (Å²) in [5.41, 5.74) is 5.43. The molecule has 4 nitrogen and oxygen atoms in total. The van der Waals surface area contributed by atoms with E-state index >= 15 is 0 Å². The first-order valence-corrected chi connectivity index (χ1v) is 11.2. The molecule has 1 N–H and O–H groups in total. The fourth-order valence-electron chi connectivity index (χ4n) is 2.18. The van der Waals surface area contributed by atoms with Crippen molar-refractivity contribution in [3.05, 3.63) is 71.9 Å². The molecular formula is C22H29N3OP+. The van der Waals surface area contributed by atoms with Gasteiger partial charge in [-0.2, -0.15) is 0 Å². The minimum absolute atomic E-state index is 0.616. The molecule has 1 aromatic heterocycles. The number of anilines is 2. The zero-order valence-corrected chi connectivity index (χ0v) is 17.9. The average molecular weight is 382 g/mol. The second-order valence-corrected chi connectivity index (χ2v) is 7.51. The maximum atomic E-state index is 9.59. The van der Waals surface area contributed by atoms with Crippen LogP contribution in [0, 0.1) is 13.8 Å². The van der Waals surface area contributed by atoms with E-state index < -0.39 is 7.80 Å². The summed E-state index contributed by atoms with van der Waals surface area (Å²) in [5, 5.41) is 3.30. The molecule has 0 aliphatic rings. The smallest absolute Gasteiger partial charge is 0.324 e. The maximum Gasteiger partial charge on any atom is 0.332 e. The highest BCUT2D eigenvalue weighted by molar-refractivity contribution is 7.42. The van der Waals surface area contributed by atoms with Crippen molar-refractivity contribution < 1.29 is 4.57 Å². The average Bonchev–Trinajstić information content (AvgIpc) is 2.67. The zero-order chi connectivity index (χ0) is 20.2. The highest BCUT2D eigenvalue weighted by Crippen LogP contribution is 2.22. The van der Waals surface area contributed by atoms with E-state index in [0.717, 1.165) is 16.9 Å². The van der Waals surface area contributed by atoms with Gasteiger partial charge in [-0.1, -0.05) is 60.9 Å². The molecule has 0 bridgehead atoms. The van der Waals surface area contributed by atoms with Gasteiger partial charge in [-0.15, -0.1) is 0 Å². The quantitative estimate of drug-likeness (QED) is 0.518. The van der Waals surface area contributed by atoms with E-state index in [1.54, 1.807) is 19.5 Å². The first kappa shape index (κ1) is 22.5. The van der Waals surface area contributed by atoms with Crippen molar-refractivity contribution in [1.82, 2.24) is 9.97 Å². The van der Waals surface area contributed by atoms with Gasteiger partial charge in [0.25, 0.3) is 0 Å². The van der Waals surface area contributed by atoms with Crippen LogP contribution in [0.4, 0.5) is 11.6 Å². The minimum atomic E-state index is -0.870. The lowest BCUT2D eigenvalue weighted by molar-refractivity contribution is 0.594. The van der Waals surface area contributed by atoms with E-state index in [1.807, 2.05) is 50.2 Å². The summed E-state index contributed by atoms with van der Waals surface area (Å²) in [4.78, 5) is 8.90. The van der Waals surface area contributed by atoms with Crippen LogP contribution in [0.2, 0.25) is 0 Å². The summed E-state index contributed by atoms with van der Waals surface area (Å²) in [6.07, 6.45) is 1.78. The molecule has 5 heteroatoms. The Bertz CT molecular complexity index is 847. The molecule has 0 spiro atoms. The number of aromatic nitrogens is 2. The molecule has 0 fully saturated rings. The number of hydrogen-bond acceptors (Lipinski definition) is 4. The zero-order valence-electron chi connectivity index (χ0n) is 17.0. The number of benzene rings is 2. The van der Waals surface area contributed by atoms with Crippen molar-refractivity contribution >= 4 is 19.4 Å². The Labute approximate surface area is 163 Å². The Balaban J connectivity index is 0.000000541. The van der Waals surface area contributed by atoms with Crippen molar-refractivity contribution in [3.8, 4) is 11.3 Å². The Morgan fingerprint density at radius 1 is 0.926 bits per heavy atom. The van der Waals surface area contributed by atoms with Gasteiger partial charge in [-0.05, 0) is 37.1 Å². The Kier molecular flexibility index (Phi) is 9.92. The molecule has 27 heavy (non-hydrogen) atoms. The largest absolute Gasteiger partial charge is 0.332 e. The highest BCUT2D eigenvalue weighted by Gasteiger charge is 2.04. The van der Waals surface area contributed by atoms with E-state index in [2.05, 4.69) is 47.3 Å². The maximum absolute atomic E-state index is 9.59. The number of aryl methyl sites for hydroxylation is 2. The van der Waals surface area contributed by atoms with Crippen molar-refractivity contribution in [2.75, 3.05) is 18.6 Å². The van der Waals surface area contributed by atoms with Crippen LogP contribution < -0.4 is 5.32 Å². The monoisotopic (exact) mass is 382 g/mol. The van der Waals surface area contributed by atoms with Gasteiger partial charge < -0.3 is 5.32 Å². The third-order valence-corrected chi connectivity index (χ3v) is 3.36. The van der Waals surface area contributed by atoms with E-state index in [1.165, 1.54) is 11.1 Å². The lowest BCUT2D eigenvalue weighted by Crippen LogP contribution is -1.99. The molecule has 3 rings (SSSR count). The summed E-state index contributed by atoms with van der Waals surface area (Å²) < 4.78 is 9.59. The molecular weight excluding hydrogens is 353 g/mol. The van der Waals surface area contributed by atoms with Crippen molar-refractivity contribution in [1.29, 1.82) is 0 Å². The Morgan fingerprint density at radius 3 is 2.19 bits per heavy atom. The molecule has 0 aliphatic heterocycles. The second-order valence-electron chi connectivity index (χ2n) is 5.89. The van der Waals surface area contributed by atoms with Gasteiger partial charge in [-0.3, -0.25) is 0 Å². The van der Waals surface area contributed by atoms with Crippen LogP contribution in [0.15, 0.2) is 60.8 Å². The Hall–Kier alpha value is -2.58. The van der Waals surface area contributed by atoms with Gasteiger partial charge in [0, 0.05) is 17.4 Å². The number of rotatable bonds is 3. The van der Waals surface area contributed by atoms with E-state index in [4.69, 9.17) is 0 Å². The molecule has 0 saturated heterocycles. The number of nitrogens with zero attached hydrogens (tertiary/aromatic N) is 2. The van der Waals surface area contributed by atoms with Gasteiger partial charge in [0.1, 0.15) is 13.3 Å². The first-order valence-electron chi connectivity index (χ1n) is 9.03. The van der Waals surface area contributed by atoms with Gasteiger partial charge in [-0.25, -0.2) is 9.97 Å². The molecule has 142 valence electrons. The molecule has 0 aliphatic carbocycles. The summed E-state index contributed by atoms with van der Waals surface area (Å²) >= 11 is 0. The molecule has 0 amide bonds. The van der Waals surface area contributed by atoms with Gasteiger partial charge in [0.15, 0.2) is 0 Å². The van der Waals surface area contributed by atoms with Crippen molar-refractivity contribution in [3.63, 3.8) is 0 Å². The van der Waals surface area contributed by atoms with Crippen LogP contribution in [0.5, 0.6) is 0 Å². The van der Waals surface area contributed by atoms with Crippen LogP contribution in [0.25, 0.3) is 11.3 Å². The molecule has 3 aromatic rings.